The zero-order valence-corrected chi connectivity index (χ0v) is 15.1. The summed E-state index contributed by atoms with van der Waals surface area (Å²) in [5.41, 5.74) is 4.10. The first kappa shape index (κ1) is 17.5. The fourth-order valence-corrected chi connectivity index (χ4v) is 3.00. The van der Waals surface area contributed by atoms with E-state index in [1.807, 2.05) is 19.1 Å². The van der Waals surface area contributed by atoms with Crippen molar-refractivity contribution in [3.8, 4) is 5.88 Å². The van der Waals surface area contributed by atoms with E-state index in [1.54, 1.807) is 6.20 Å². The highest BCUT2D eigenvalue weighted by molar-refractivity contribution is 5.98. The number of aryl methyl sites for hydroxylation is 1. The highest BCUT2D eigenvalue weighted by atomic mass is 16.6. The number of benzene rings is 1. The number of pyridine rings is 1. The van der Waals surface area contributed by atoms with E-state index in [4.69, 9.17) is 9.57 Å². The molecular weight excluding hydrogens is 312 g/mol. The summed E-state index contributed by atoms with van der Waals surface area (Å²) < 4.78 is 5.79. The number of ether oxygens (including phenoxy) is 1. The van der Waals surface area contributed by atoms with Crippen LogP contribution in [-0.2, 0) is 11.4 Å². The molecule has 0 bridgehead atoms. The molecule has 4 heteroatoms. The number of aromatic nitrogens is 1. The molecule has 2 aromatic rings. The van der Waals surface area contributed by atoms with Gasteiger partial charge in [0.1, 0.15) is 6.61 Å². The highest BCUT2D eigenvalue weighted by Gasteiger charge is 2.15. The zero-order chi connectivity index (χ0) is 17.5. The molecule has 1 aromatic carbocycles. The zero-order valence-electron chi connectivity index (χ0n) is 15.1. The van der Waals surface area contributed by atoms with Crippen LogP contribution in [0.4, 0.5) is 0 Å². The van der Waals surface area contributed by atoms with Crippen molar-refractivity contribution in [2.45, 2.75) is 46.1 Å². The summed E-state index contributed by atoms with van der Waals surface area (Å²) in [6, 6.07) is 12.1. The van der Waals surface area contributed by atoms with E-state index < -0.39 is 0 Å². The summed E-state index contributed by atoms with van der Waals surface area (Å²) in [6.07, 6.45) is 7.01. The Morgan fingerprint density at radius 3 is 2.56 bits per heavy atom. The van der Waals surface area contributed by atoms with Gasteiger partial charge in [0.2, 0.25) is 5.88 Å². The fraction of sp³-hybridized carbons (Fsp3) is 0.429. The normalized spacial score (nSPS) is 15.4. The molecule has 0 spiro atoms. The molecule has 4 nitrogen and oxygen atoms in total. The molecule has 0 saturated heterocycles. The first-order valence-electron chi connectivity index (χ1n) is 9.02. The van der Waals surface area contributed by atoms with Gasteiger partial charge in [-0.2, -0.15) is 0 Å². The number of rotatable bonds is 7. The summed E-state index contributed by atoms with van der Waals surface area (Å²) in [6.45, 7) is 5.24. The molecule has 1 heterocycles. The second-order valence-corrected chi connectivity index (χ2v) is 6.78. The summed E-state index contributed by atoms with van der Waals surface area (Å²) >= 11 is 0. The molecule has 0 aliphatic heterocycles. The van der Waals surface area contributed by atoms with Gasteiger partial charge in [0, 0.05) is 17.8 Å². The summed E-state index contributed by atoms with van der Waals surface area (Å²) in [5.74, 6) is 1.38. The quantitative estimate of drug-likeness (QED) is 0.533. The Bertz CT molecular complexity index is 687. The third kappa shape index (κ3) is 5.31. The predicted molar refractivity (Wildman–Crippen MR) is 99.9 cm³/mol. The first-order valence-corrected chi connectivity index (χ1v) is 9.02. The minimum absolute atomic E-state index is 0.466. The lowest BCUT2D eigenvalue weighted by Gasteiger charge is -2.10. The van der Waals surface area contributed by atoms with Gasteiger partial charge in [0.25, 0.3) is 0 Å². The average molecular weight is 338 g/mol. The monoisotopic (exact) mass is 338 g/mol. The molecule has 0 unspecified atom stereocenters. The van der Waals surface area contributed by atoms with Gasteiger partial charge in [0.15, 0.2) is 0 Å². The molecule has 25 heavy (non-hydrogen) atoms. The van der Waals surface area contributed by atoms with Crippen molar-refractivity contribution in [2.24, 2.45) is 11.1 Å². The average Bonchev–Trinajstić information content (AvgIpc) is 3.15. The number of nitrogens with zero attached hydrogens (tertiary/aromatic N) is 2. The van der Waals surface area contributed by atoms with Crippen LogP contribution in [0.5, 0.6) is 5.88 Å². The molecular formula is C21H26N2O2. The minimum atomic E-state index is 0.466. The smallest absolute Gasteiger partial charge is 0.213 e. The maximum atomic E-state index is 5.79. The van der Waals surface area contributed by atoms with Gasteiger partial charge in [0.05, 0.1) is 12.3 Å². The maximum absolute atomic E-state index is 5.79. The molecule has 0 N–H and O–H groups in total. The van der Waals surface area contributed by atoms with Crippen LogP contribution in [0.15, 0.2) is 47.8 Å². The van der Waals surface area contributed by atoms with E-state index in [1.165, 1.54) is 31.2 Å². The van der Waals surface area contributed by atoms with Crippen molar-refractivity contribution in [2.75, 3.05) is 6.61 Å². The Hall–Kier alpha value is -2.36. The van der Waals surface area contributed by atoms with Crippen LogP contribution in [0.3, 0.4) is 0 Å². The SMILES string of the molecule is C/C(=N\OCc1ccc(C)cc1)c1ccc(OCC2CCCC2)nc1. The van der Waals surface area contributed by atoms with E-state index in [-0.39, 0.29) is 0 Å². The van der Waals surface area contributed by atoms with E-state index in [9.17, 15) is 0 Å². The lowest BCUT2D eigenvalue weighted by molar-refractivity contribution is 0.130. The summed E-state index contributed by atoms with van der Waals surface area (Å²) in [5, 5.41) is 4.19. The van der Waals surface area contributed by atoms with Crippen LogP contribution in [-0.4, -0.2) is 17.3 Å². The van der Waals surface area contributed by atoms with Crippen molar-refractivity contribution in [1.29, 1.82) is 0 Å². The third-order valence-electron chi connectivity index (χ3n) is 4.65. The second-order valence-electron chi connectivity index (χ2n) is 6.78. The van der Waals surface area contributed by atoms with Crippen LogP contribution < -0.4 is 4.74 Å². The van der Waals surface area contributed by atoms with E-state index >= 15 is 0 Å². The molecule has 0 amide bonds. The molecule has 1 fully saturated rings. The van der Waals surface area contributed by atoms with Crippen LogP contribution in [0.2, 0.25) is 0 Å². The van der Waals surface area contributed by atoms with Crippen molar-refractivity contribution in [3.63, 3.8) is 0 Å². The number of hydrogen-bond donors (Lipinski definition) is 0. The Morgan fingerprint density at radius 1 is 1.12 bits per heavy atom. The van der Waals surface area contributed by atoms with E-state index in [2.05, 4.69) is 41.3 Å². The molecule has 0 atom stereocenters. The van der Waals surface area contributed by atoms with Crippen LogP contribution in [0.1, 0.15) is 49.3 Å². The van der Waals surface area contributed by atoms with E-state index in [0.29, 0.717) is 18.4 Å². The predicted octanol–water partition coefficient (Wildman–Crippen LogP) is 4.90. The fourth-order valence-electron chi connectivity index (χ4n) is 3.00. The standard InChI is InChI=1S/C21H26N2O2/c1-16-7-9-19(10-8-16)15-25-23-17(2)20-11-12-21(22-13-20)24-14-18-5-3-4-6-18/h7-13,18H,3-6,14-15H2,1-2H3/b23-17+. The maximum Gasteiger partial charge on any atom is 0.213 e. The molecule has 1 aliphatic carbocycles. The minimum Gasteiger partial charge on any atom is -0.477 e. The van der Waals surface area contributed by atoms with Gasteiger partial charge in [-0.25, -0.2) is 4.98 Å². The van der Waals surface area contributed by atoms with Gasteiger partial charge >= 0.3 is 0 Å². The van der Waals surface area contributed by atoms with Gasteiger partial charge in [-0.15, -0.1) is 0 Å². The van der Waals surface area contributed by atoms with Crippen molar-refractivity contribution in [3.05, 3.63) is 59.3 Å². The topological polar surface area (TPSA) is 43.7 Å². The Labute approximate surface area is 149 Å². The van der Waals surface area contributed by atoms with Crippen molar-refractivity contribution >= 4 is 5.71 Å². The second kappa shape index (κ2) is 8.65. The Morgan fingerprint density at radius 2 is 1.88 bits per heavy atom. The van der Waals surface area contributed by atoms with Crippen LogP contribution >= 0.6 is 0 Å². The first-order chi connectivity index (χ1) is 12.2. The number of oxime groups is 1. The molecule has 1 saturated carbocycles. The molecule has 3 rings (SSSR count). The Balaban J connectivity index is 1.49. The third-order valence-corrected chi connectivity index (χ3v) is 4.65. The van der Waals surface area contributed by atoms with Crippen molar-refractivity contribution in [1.82, 2.24) is 4.98 Å². The number of hydrogen-bond acceptors (Lipinski definition) is 4. The van der Waals surface area contributed by atoms with Crippen LogP contribution in [0, 0.1) is 12.8 Å². The van der Waals surface area contributed by atoms with E-state index in [0.717, 1.165) is 23.4 Å². The lowest BCUT2D eigenvalue weighted by atomic mass is 10.1. The van der Waals surface area contributed by atoms with Crippen molar-refractivity contribution < 1.29 is 9.57 Å². The summed E-state index contributed by atoms with van der Waals surface area (Å²) in [4.78, 5) is 9.83. The van der Waals surface area contributed by atoms with Crippen LogP contribution in [0.25, 0.3) is 0 Å². The highest BCUT2D eigenvalue weighted by Crippen LogP contribution is 2.25. The van der Waals surface area contributed by atoms with Gasteiger partial charge in [-0.1, -0.05) is 47.8 Å². The Kier molecular flexibility index (Phi) is 6.04. The molecule has 1 aromatic heterocycles. The molecule has 0 radical (unpaired) electrons. The lowest BCUT2D eigenvalue weighted by Crippen LogP contribution is -2.09. The largest absolute Gasteiger partial charge is 0.477 e. The summed E-state index contributed by atoms with van der Waals surface area (Å²) in [7, 11) is 0. The van der Waals surface area contributed by atoms with Gasteiger partial charge in [-0.05, 0) is 44.2 Å². The molecule has 132 valence electrons. The van der Waals surface area contributed by atoms with Gasteiger partial charge in [-0.3, -0.25) is 0 Å². The molecule has 1 aliphatic rings. The van der Waals surface area contributed by atoms with Gasteiger partial charge < -0.3 is 9.57 Å².